The van der Waals surface area contributed by atoms with Gasteiger partial charge in [-0.1, -0.05) is 72.8 Å². The van der Waals surface area contributed by atoms with E-state index in [0.717, 1.165) is 16.9 Å². The molecule has 33 heavy (non-hydrogen) atoms. The van der Waals surface area contributed by atoms with Crippen molar-refractivity contribution < 1.29 is 0 Å². The molecule has 4 nitrogen and oxygen atoms in total. The van der Waals surface area contributed by atoms with Crippen LogP contribution in [-0.2, 0) is 0 Å². The standard InChI is InChI=1S/C29H26N4/c1-22(24-11-5-3-6-12-24)32-27-15-9-10-16-28(27)33(26-13-7-4-8-14-26)31(2)29(32)25-19-17-23(21-30)18-20-25/h3-20,22,29H,1-2H3. The fourth-order valence-electron chi connectivity index (χ4n) is 4.76. The Morgan fingerprint density at radius 1 is 0.727 bits per heavy atom. The van der Waals surface area contributed by atoms with Crippen LogP contribution in [0, 0.1) is 11.3 Å². The van der Waals surface area contributed by atoms with E-state index in [1.807, 2.05) is 18.2 Å². The lowest BCUT2D eigenvalue weighted by atomic mass is 10.00. The van der Waals surface area contributed by atoms with E-state index in [-0.39, 0.29) is 12.2 Å². The van der Waals surface area contributed by atoms with Gasteiger partial charge in [0.15, 0.2) is 0 Å². The summed E-state index contributed by atoms with van der Waals surface area (Å²) < 4.78 is 0. The van der Waals surface area contributed by atoms with Gasteiger partial charge in [0.05, 0.1) is 34.7 Å². The SMILES string of the molecule is CC(c1ccccc1)N1c2ccccc2N(c2ccccc2)N(C)C1c1ccc(C#N)cc1. The average Bonchev–Trinajstić information content (AvgIpc) is 2.89. The molecule has 0 N–H and O–H groups in total. The molecule has 4 aromatic rings. The van der Waals surface area contributed by atoms with Gasteiger partial charge in [0.1, 0.15) is 6.17 Å². The normalized spacial score (nSPS) is 16.7. The summed E-state index contributed by atoms with van der Waals surface area (Å²) in [5.41, 5.74) is 6.48. The van der Waals surface area contributed by atoms with E-state index in [2.05, 4.69) is 126 Å². The van der Waals surface area contributed by atoms with Crippen LogP contribution in [0.5, 0.6) is 0 Å². The molecule has 162 valence electrons. The van der Waals surface area contributed by atoms with E-state index in [1.165, 1.54) is 11.3 Å². The van der Waals surface area contributed by atoms with Crippen molar-refractivity contribution in [1.82, 2.24) is 5.01 Å². The lowest BCUT2D eigenvalue weighted by Crippen LogP contribution is -2.52. The highest BCUT2D eigenvalue weighted by atomic mass is 15.7. The summed E-state index contributed by atoms with van der Waals surface area (Å²) in [4.78, 5) is 2.48. The van der Waals surface area contributed by atoms with Crippen LogP contribution in [0.1, 0.15) is 35.8 Å². The lowest BCUT2D eigenvalue weighted by molar-refractivity contribution is 0.216. The Morgan fingerprint density at radius 2 is 1.30 bits per heavy atom. The maximum atomic E-state index is 9.32. The summed E-state index contributed by atoms with van der Waals surface area (Å²) in [6.45, 7) is 2.26. The van der Waals surface area contributed by atoms with Gasteiger partial charge in [0.2, 0.25) is 0 Å². The molecule has 1 heterocycles. The number of hydrazine groups is 1. The van der Waals surface area contributed by atoms with Crippen LogP contribution in [0.2, 0.25) is 0 Å². The first-order chi connectivity index (χ1) is 16.2. The minimum atomic E-state index is -0.0666. The summed E-state index contributed by atoms with van der Waals surface area (Å²) in [6, 6.07) is 40.0. The monoisotopic (exact) mass is 430 g/mol. The Balaban J connectivity index is 1.72. The summed E-state index contributed by atoms with van der Waals surface area (Å²) in [5, 5.41) is 13.9. The quantitative estimate of drug-likeness (QED) is 0.356. The third-order valence-electron chi connectivity index (χ3n) is 6.36. The summed E-state index contributed by atoms with van der Waals surface area (Å²) in [7, 11) is 2.14. The minimum absolute atomic E-state index is 0.0666. The van der Waals surface area contributed by atoms with Gasteiger partial charge >= 0.3 is 0 Å². The third-order valence-corrected chi connectivity index (χ3v) is 6.36. The van der Waals surface area contributed by atoms with Gasteiger partial charge in [-0.25, -0.2) is 0 Å². The second-order valence-corrected chi connectivity index (χ2v) is 8.31. The molecular weight excluding hydrogens is 404 g/mol. The lowest BCUT2D eigenvalue weighted by Gasteiger charge is -2.52. The van der Waals surface area contributed by atoms with Crippen molar-refractivity contribution in [1.29, 1.82) is 5.26 Å². The molecule has 0 radical (unpaired) electrons. The van der Waals surface area contributed by atoms with Gasteiger partial charge in [0, 0.05) is 7.05 Å². The average molecular weight is 431 g/mol. The number of hydrogen-bond donors (Lipinski definition) is 0. The van der Waals surface area contributed by atoms with Crippen LogP contribution in [-0.4, -0.2) is 12.1 Å². The van der Waals surface area contributed by atoms with E-state index in [0.29, 0.717) is 5.56 Å². The van der Waals surface area contributed by atoms with E-state index in [4.69, 9.17) is 0 Å². The number of anilines is 3. The minimum Gasteiger partial charge on any atom is -0.342 e. The first-order valence-corrected chi connectivity index (χ1v) is 11.2. The van der Waals surface area contributed by atoms with Crippen LogP contribution in [0.25, 0.3) is 0 Å². The summed E-state index contributed by atoms with van der Waals surface area (Å²) in [6.07, 6.45) is -0.0666. The maximum Gasteiger partial charge on any atom is 0.126 e. The van der Waals surface area contributed by atoms with Crippen molar-refractivity contribution in [3.63, 3.8) is 0 Å². The molecule has 0 saturated heterocycles. The van der Waals surface area contributed by atoms with Gasteiger partial charge in [-0.2, -0.15) is 10.3 Å². The second kappa shape index (κ2) is 8.82. The summed E-state index contributed by atoms with van der Waals surface area (Å²) in [5.74, 6) is 0. The molecule has 0 saturated carbocycles. The van der Waals surface area contributed by atoms with Crippen LogP contribution in [0.3, 0.4) is 0 Å². The zero-order chi connectivity index (χ0) is 22.8. The van der Waals surface area contributed by atoms with Crippen LogP contribution in [0.4, 0.5) is 17.1 Å². The Morgan fingerprint density at radius 3 is 1.94 bits per heavy atom. The summed E-state index contributed by atoms with van der Waals surface area (Å²) >= 11 is 0. The van der Waals surface area contributed by atoms with Gasteiger partial charge in [-0.3, -0.25) is 5.01 Å². The van der Waals surface area contributed by atoms with Crippen molar-refractivity contribution in [3.05, 3.63) is 126 Å². The van der Waals surface area contributed by atoms with Gasteiger partial charge in [0.25, 0.3) is 0 Å². The molecule has 2 unspecified atom stereocenters. The maximum absolute atomic E-state index is 9.32. The molecule has 4 aromatic carbocycles. The van der Waals surface area contributed by atoms with Gasteiger partial charge in [-0.05, 0) is 54.4 Å². The van der Waals surface area contributed by atoms with Crippen LogP contribution < -0.4 is 9.91 Å². The molecule has 0 aromatic heterocycles. The number of rotatable bonds is 4. The molecule has 0 spiro atoms. The Hall–Kier alpha value is -4.07. The first kappa shape index (κ1) is 20.8. The molecule has 5 rings (SSSR count). The topological polar surface area (TPSA) is 33.5 Å². The molecular formula is C29H26N4. The number of benzene rings is 4. The molecule has 1 aliphatic heterocycles. The zero-order valence-corrected chi connectivity index (χ0v) is 18.8. The highest BCUT2D eigenvalue weighted by molar-refractivity contribution is 5.79. The van der Waals surface area contributed by atoms with Crippen molar-refractivity contribution in [3.8, 4) is 6.07 Å². The molecule has 0 aliphatic carbocycles. The Kier molecular flexibility index (Phi) is 5.56. The fourth-order valence-corrected chi connectivity index (χ4v) is 4.76. The zero-order valence-electron chi connectivity index (χ0n) is 18.8. The van der Waals surface area contributed by atoms with E-state index in [9.17, 15) is 5.26 Å². The Labute approximate surface area is 195 Å². The van der Waals surface area contributed by atoms with Crippen molar-refractivity contribution in [2.45, 2.75) is 19.1 Å². The number of nitriles is 1. The van der Waals surface area contributed by atoms with Crippen molar-refractivity contribution in [2.75, 3.05) is 17.0 Å². The molecule has 2 atom stereocenters. The highest BCUT2D eigenvalue weighted by Gasteiger charge is 2.39. The molecule has 0 fully saturated rings. The fraction of sp³-hybridized carbons (Fsp3) is 0.138. The molecule has 0 amide bonds. The van der Waals surface area contributed by atoms with Crippen LogP contribution in [0.15, 0.2) is 109 Å². The van der Waals surface area contributed by atoms with Gasteiger partial charge < -0.3 is 4.90 Å². The molecule has 1 aliphatic rings. The smallest absolute Gasteiger partial charge is 0.126 e. The van der Waals surface area contributed by atoms with Crippen LogP contribution >= 0.6 is 0 Å². The number of para-hydroxylation sites is 3. The molecule has 0 bridgehead atoms. The second-order valence-electron chi connectivity index (χ2n) is 8.31. The number of fused-ring (bicyclic) bond motifs is 1. The van der Waals surface area contributed by atoms with Crippen molar-refractivity contribution >= 4 is 17.1 Å². The first-order valence-electron chi connectivity index (χ1n) is 11.2. The third kappa shape index (κ3) is 3.73. The van der Waals surface area contributed by atoms with Crippen molar-refractivity contribution in [2.24, 2.45) is 0 Å². The molecule has 4 heteroatoms. The highest BCUT2D eigenvalue weighted by Crippen LogP contribution is 2.49. The van der Waals surface area contributed by atoms with Gasteiger partial charge in [-0.15, -0.1) is 0 Å². The predicted molar refractivity (Wildman–Crippen MR) is 134 cm³/mol. The Bertz CT molecular complexity index is 1260. The van der Waals surface area contributed by atoms with E-state index >= 15 is 0 Å². The largest absolute Gasteiger partial charge is 0.342 e. The van der Waals surface area contributed by atoms with E-state index in [1.54, 1.807) is 0 Å². The number of nitrogens with zero attached hydrogens (tertiary/aromatic N) is 4. The van der Waals surface area contributed by atoms with E-state index < -0.39 is 0 Å². The number of hydrogen-bond acceptors (Lipinski definition) is 4. The predicted octanol–water partition coefficient (Wildman–Crippen LogP) is 6.82.